The third-order valence-corrected chi connectivity index (χ3v) is 6.13. The molecule has 0 amide bonds. The first-order valence-electron chi connectivity index (χ1n) is 9.14. The quantitative estimate of drug-likeness (QED) is 0.368. The molecule has 0 aliphatic heterocycles. The molecule has 0 aliphatic carbocycles. The van der Waals surface area contributed by atoms with Crippen LogP contribution in [-0.2, 0) is 34.2 Å². The lowest BCUT2D eigenvalue weighted by atomic mass is 9.87. The molecule has 156 valence electrons. The Morgan fingerprint density at radius 3 is 2.00 bits per heavy atom. The minimum absolute atomic E-state index is 0.0491. The van der Waals surface area contributed by atoms with Crippen LogP contribution in [0.4, 0.5) is 0 Å². The topological polar surface area (TPSA) is 86.7 Å². The molecule has 6 nitrogen and oxygen atoms in total. The number of rotatable bonds is 8. The first-order chi connectivity index (χ1) is 13.4. The second-order valence-corrected chi connectivity index (χ2v) is 9.30. The van der Waals surface area contributed by atoms with E-state index < -0.39 is 39.5 Å². The maximum Gasteiger partial charge on any atom is 0.322 e. The first kappa shape index (κ1) is 22.8. The van der Waals surface area contributed by atoms with Crippen molar-refractivity contribution < 1.29 is 26.9 Å². The summed E-state index contributed by atoms with van der Waals surface area (Å²) in [5, 5.41) is 0. The number of carbonyl (C=O) groups is 2. The molecule has 29 heavy (non-hydrogen) atoms. The fourth-order valence-electron chi connectivity index (χ4n) is 2.52. The summed E-state index contributed by atoms with van der Waals surface area (Å²) in [5.74, 6) is -1.40. The summed E-state index contributed by atoms with van der Waals surface area (Å²) >= 11 is 0. The molecule has 1 atom stereocenters. The number of ketones is 1. The van der Waals surface area contributed by atoms with Crippen LogP contribution in [0, 0.1) is 12.3 Å². The largest absolute Gasteiger partial charge is 0.454 e. The summed E-state index contributed by atoms with van der Waals surface area (Å²) in [5.41, 5.74) is -1.15. The summed E-state index contributed by atoms with van der Waals surface area (Å²) in [6, 6.07) is 15.2. The number of carbonyl (C=O) groups excluding carboxylic acids is 2. The van der Waals surface area contributed by atoms with Gasteiger partial charge in [-0.15, -0.1) is 0 Å². The fourth-order valence-corrected chi connectivity index (χ4v) is 3.51. The highest BCUT2D eigenvalue weighted by Gasteiger charge is 2.44. The predicted octanol–water partition coefficient (Wildman–Crippen LogP) is 3.77. The average Bonchev–Trinajstić information content (AvgIpc) is 2.66. The monoisotopic (exact) mass is 418 g/mol. The van der Waals surface area contributed by atoms with E-state index in [1.54, 1.807) is 38.1 Å². The lowest BCUT2D eigenvalue weighted by Crippen LogP contribution is -2.44. The van der Waals surface area contributed by atoms with Gasteiger partial charge in [-0.3, -0.25) is 13.8 Å². The number of hydrogen-bond acceptors (Lipinski definition) is 6. The zero-order chi connectivity index (χ0) is 21.9. The summed E-state index contributed by atoms with van der Waals surface area (Å²) in [6.07, 6.45) is 0. The van der Waals surface area contributed by atoms with Gasteiger partial charge >= 0.3 is 5.97 Å². The Bertz CT molecular complexity index is 978. The summed E-state index contributed by atoms with van der Waals surface area (Å²) < 4.78 is 35.6. The highest BCUT2D eigenvalue weighted by atomic mass is 32.2. The molecule has 2 rings (SSSR count). The van der Waals surface area contributed by atoms with E-state index in [1.807, 2.05) is 25.1 Å². The van der Waals surface area contributed by atoms with Gasteiger partial charge in [0, 0.05) is 0 Å². The molecule has 0 bridgehead atoms. The van der Waals surface area contributed by atoms with E-state index in [0.29, 0.717) is 0 Å². The average molecular weight is 419 g/mol. The zero-order valence-electron chi connectivity index (χ0n) is 17.3. The molecule has 0 spiro atoms. The van der Waals surface area contributed by atoms with Gasteiger partial charge in [-0.05, 0) is 52.3 Å². The van der Waals surface area contributed by atoms with E-state index in [4.69, 9.17) is 8.92 Å². The molecule has 0 heterocycles. The smallest absolute Gasteiger partial charge is 0.322 e. The number of esters is 1. The van der Waals surface area contributed by atoms with Crippen LogP contribution < -0.4 is 0 Å². The van der Waals surface area contributed by atoms with Crippen molar-refractivity contribution in [1.82, 2.24) is 0 Å². The SMILES string of the molecule is CC(=O)C(C)(COS(=O)(=O)c1ccc(C)cc1)C(=O)OC(C)(C)c1ccccc1. The Morgan fingerprint density at radius 2 is 1.48 bits per heavy atom. The van der Waals surface area contributed by atoms with Gasteiger partial charge in [0.15, 0.2) is 0 Å². The van der Waals surface area contributed by atoms with Gasteiger partial charge in [-0.1, -0.05) is 48.0 Å². The summed E-state index contributed by atoms with van der Waals surface area (Å²) in [7, 11) is -4.13. The van der Waals surface area contributed by atoms with Crippen LogP contribution in [-0.4, -0.2) is 26.8 Å². The molecule has 0 aliphatic rings. The van der Waals surface area contributed by atoms with Crippen molar-refractivity contribution in [3.63, 3.8) is 0 Å². The standard InChI is InChI=1S/C22H26O6S/c1-16-11-13-19(14-12-16)29(25,26)27-15-22(5,17(2)23)20(24)28-21(3,4)18-9-7-6-8-10-18/h6-14H,15H2,1-5H3. The molecule has 0 fully saturated rings. The van der Waals surface area contributed by atoms with Gasteiger partial charge in [0.05, 0.1) is 11.5 Å². The second kappa shape index (κ2) is 8.47. The molecule has 7 heteroatoms. The number of Topliss-reactive ketones (excluding diaryl/α,β-unsaturated/α-hetero) is 1. The minimum Gasteiger partial charge on any atom is -0.454 e. The maximum atomic E-state index is 12.9. The normalized spacial score (nSPS) is 14.1. The number of benzene rings is 2. The van der Waals surface area contributed by atoms with E-state index in [2.05, 4.69) is 0 Å². The van der Waals surface area contributed by atoms with Gasteiger partial charge < -0.3 is 4.74 Å². The van der Waals surface area contributed by atoms with E-state index in [-0.39, 0.29) is 4.90 Å². The Kier molecular flexibility index (Phi) is 6.65. The van der Waals surface area contributed by atoms with Crippen molar-refractivity contribution in [1.29, 1.82) is 0 Å². The Labute approximate surface area is 172 Å². The highest BCUT2D eigenvalue weighted by Crippen LogP contribution is 2.31. The van der Waals surface area contributed by atoms with Crippen LogP contribution in [0.1, 0.15) is 38.8 Å². The van der Waals surface area contributed by atoms with Gasteiger partial charge in [-0.2, -0.15) is 8.42 Å². The molecule has 0 N–H and O–H groups in total. The molecule has 0 radical (unpaired) electrons. The third-order valence-electron chi connectivity index (χ3n) is 4.86. The van der Waals surface area contributed by atoms with Gasteiger partial charge in [0.2, 0.25) is 0 Å². The van der Waals surface area contributed by atoms with Gasteiger partial charge in [-0.25, -0.2) is 0 Å². The zero-order valence-corrected chi connectivity index (χ0v) is 18.1. The molecule has 2 aromatic carbocycles. The van der Waals surface area contributed by atoms with E-state index >= 15 is 0 Å². The van der Waals surface area contributed by atoms with Crippen molar-refractivity contribution in [3.8, 4) is 0 Å². The predicted molar refractivity (Wildman–Crippen MR) is 109 cm³/mol. The number of ether oxygens (including phenoxy) is 1. The molecule has 2 aromatic rings. The van der Waals surface area contributed by atoms with Crippen molar-refractivity contribution in [3.05, 3.63) is 65.7 Å². The number of hydrogen-bond donors (Lipinski definition) is 0. The van der Waals surface area contributed by atoms with Gasteiger partial charge in [0.1, 0.15) is 16.8 Å². The van der Waals surface area contributed by atoms with E-state index in [1.165, 1.54) is 26.0 Å². The van der Waals surface area contributed by atoms with Crippen LogP contribution in [0.3, 0.4) is 0 Å². The highest BCUT2D eigenvalue weighted by molar-refractivity contribution is 7.86. The molecular weight excluding hydrogens is 392 g/mol. The van der Waals surface area contributed by atoms with E-state index in [0.717, 1.165) is 11.1 Å². The number of aryl methyl sites for hydroxylation is 1. The van der Waals surface area contributed by atoms with Crippen molar-refractivity contribution in [2.75, 3.05) is 6.61 Å². The molecule has 0 aromatic heterocycles. The lowest BCUT2D eigenvalue weighted by molar-refractivity contribution is -0.173. The Balaban J connectivity index is 2.21. The van der Waals surface area contributed by atoms with Crippen LogP contribution in [0.2, 0.25) is 0 Å². The lowest BCUT2D eigenvalue weighted by Gasteiger charge is -2.31. The molecular formula is C22H26O6S. The van der Waals surface area contributed by atoms with E-state index in [9.17, 15) is 18.0 Å². The van der Waals surface area contributed by atoms with Crippen molar-refractivity contribution >= 4 is 21.9 Å². The van der Waals surface area contributed by atoms with Crippen LogP contribution in [0.15, 0.2) is 59.5 Å². The van der Waals surface area contributed by atoms with Crippen molar-refractivity contribution in [2.24, 2.45) is 5.41 Å². The minimum atomic E-state index is -4.13. The summed E-state index contributed by atoms with van der Waals surface area (Å²) in [6.45, 7) is 7.11. The Morgan fingerprint density at radius 1 is 0.931 bits per heavy atom. The molecule has 1 unspecified atom stereocenters. The summed E-state index contributed by atoms with van der Waals surface area (Å²) in [4.78, 5) is 25.1. The van der Waals surface area contributed by atoms with Crippen molar-refractivity contribution in [2.45, 2.75) is 45.1 Å². The second-order valence-electron chi connectivity index (χ2n) is 7.68. The van der Waals surface area contributed by atoms with Crippen LogP contribution >= 0.6 is 0 Å². The third kappa shape index (κ3) is 5.31. The van der Waals surface area contributed by atoms with Gasteiger partial charge in [0.25, 0.3) is 10.1 Å². The van der Waals surface area contributed by atoms with Crippen LogP contribution in [0.5, 0.6) is 0 Å². The Hall–Kier alpha value is -2.51. The molecule has 0 saturated carbocycles. The maximum absolute atomic E-state index is 12.9. The van der Waals surface area contributed by atoms with Crippen LogP contribution in [0.25, 0.3) is 0 Å². The fraction of sp³-hybridized carbons (Fsp3) is 0.364. The first-order valence-corrected chi connectivity index (χ1v) is 10.6. The molecule has 0 saturated heterocycles.